The quantitative estimate of drug-likeness (QED) is 0.187. The van der Waals surface area contributed by atoms with E-state index in [1.165, 1.54) is 16.2 Å². The molecule has 3 heterocycles. The number of fused-ring (bicyclic) bond motifs is 1. The molecule has 0 aliphatic carbocycles. The van der Waals surface area contributed by atoms with Gasteiger partial charge in [-0.15, -0.1) is 0 Å². The number of amides is 1. The minimum absolute atomic E-state index is 0.163. The Labute approximate surface area is 237 Å². The minimum Gasteiger partial charge on any atom is -0.438 e. The summed E-state index contributed by atoms with van der Waals surface area (Å²) in [6.07, 6.45) is 3.93. The summed E-state index contributed by atoms with van der Waals surface area (Å²) >= 11 is 6.74. The highest BCUT2D eigenvalue weighted by atomic mass is 32.2. The molecular formula is C31H29N3O3S2. The minimum atomic E-state index is -0.313. The Bertz CT molecular complexity index is 1680. The molecule has 4 aromatic rings. The Kier molecular flexibility index (Phi) is 7.68. The number of rotatable bonds is 7. The van der Waals surface area contributed by atoms with Crippen molar-refractivity contribution >= 4 is 45.9 Å². The number of pyridine rings is 1. The molecule has 0 bridgehead atoms. The second-order valence-electron chi connectivity index (χ2n) is 9.89. The highest BCUT2D eigenvalue weighted by Gasteiger charge is 2.32. The molecule has 0 atom stereocenters. The van der Waals surface area contributed by atoms with Crippen molar-refractivity contribution in [1.82, 2.24) is 14.3 Å². The van der Waals surface area contributed by atoms with Gasteiger partial charge in [0.25, 0.3) is 11.5 Å². The molecule has 0 radical (unpaired) electrons. The average Bonchev–Trinajstić information content (AvgIpc) is 3.17. The predicted molar refractivity (Wildman–Crippen MR) is 162 cm³/mol. The van der Waals surface area contributed by atoms with Gasteiger partial charge in [0.1, 0.15) is 21.3 Å². The Morgan fingerprint density at radius 2 is 1.82 bits per heavy atom. The predicted octanol–water partition coefficient (Wildman–Crippen LogP) is 6.67. The monoisotopic (exact) mass is 555 g/mol. The third-order valence-electron chi connectivity index (χ3n) is 6.66. The first-order valence-corrected chi connectivity index (χ1v) is 14.0. The van der Waals surface area contributed by atoms with E-state index in [0.29, 0.717) is 33.6 Å². The highest BCUT2D eigenvalue weighted by Crippen LogP contribution is 2.36. The number of aromatic nitrogens is 2. The van der Waals surface area contributed by atoms with Crippen molar-refractivity contribution in [3.05, 3.63) is 110 Å². The highest BCUT2D eigenvalue weighted by molar-refractivity contribution is 8.26. The fraction of sp³-hybridized carbons (Fsp3) is 0.226. The van der Waals surface area contributed by atoms with Crippen molar-refractivity contribution in [1.29, 1.82) is 0 Å². The molecular weight excluding hydrogens is 526 g/mol. The van der Waals surface area contributed by atoms with Crippen molar-refractivity contribution in [2.75, 3.05) is 6.54 Å². The molecule has 1 fully saturated rings. The van der Waals surface area contributed by atoms with Gasteiger partial charge in [-0.05, 0) is 66.6 Å². The zero-order valence-electron chi connectivity index (χ0n) is 22.3. The standard InChI is InChI=1S/C31H29N3O3S2/c1-19(2)23-13-12-20(3)17-25(23)37-28-24(29(35)33-15-8-9-21(4)27(33)32-28)18-26-30(36)34(31(38)39-26)16-14-22-10-6-5-7-11-22/h5-13,15,17-19H,14,16H2,1-4H3/b26-18+. The molecule has 2 aromatic heterocycles. The first-order chi connectivity index (χ1) is 18.7. The maximum absolute atomic E-state index is 13.8. The van der Waals surface area contributed by atoms with Gasteiger partial charge in [0.05, 0.1) is 4.91 Å². The van der Waals surface area contributed by atoms with Gasteiger partial charge in [-0.25, -0.2) is 0 Å². The largest absolute Gasteiger partial charge is 0.438 e. The SMILES string of the molecule is Cc1ccc(C(C)C)c(Oc2nc3c(C)cccn3c(=O)c2/C=C2/SC(=S)N(CCc3ccccc3)C2=O)c1. The Morgan fingerprint density at radius 3 is 2.56 bits per heavy atom. The van der Waals surface area contributed by atoms with Gasteiger partial charge < -0.3 is 4.74 Å². The van der Waals surface area contributed by atoms with Crippen LogP contribution in [0.15, 0.2) is 76.6 Å². The van der Waals surface area contributed by atoms with Gasteiger partial charge in [0.15, 0.2) is 0 Å². The van der Waals surface area contributed by atoms with Crippen LogP contribution in [-0.2, 0) is 11.2 Å². The van der Waals surface area contributed by atoms with Crippen LogP contribution in [0.5, 0.6) is 11.6 Å². The third-order valence-corrected chi connectivity index (χ3v) is 8.04. The van der Waals surface area contributed by atoms with E-state index < -0.39 is 0 Å². The van der Waals surface area contributed by atoms with Crippen LogP contribution in [0.2, 0.25) is 0 Å². The molecule has 0 unspecified atom stereocenters. The lowest BCUT2D eigenvalue weighted by molar-refractivity contribution is -0.122. The summed E-state index contributed by atoms with van der Waals surface area (Å²) < 4.78 is 8.35. The second-order valence-corrected chi connectivity index (χ2v) is 11.6. The topological polar surface area (TPSA) is 63.9 Å². The van der Waals surface area contributed by atoms with Crippen LogP contribution in [0, 0.1) is 13.8 Å². The lowest BCUT2D eigenvalue weighted by Crippen LogP contribution is -2.30. The van der Waals surface area contributed by atoms with Crippen LogP contribution >= 0.6 is 24.0 Å². The van der Waals surface area contributed by atoms with Crippen LogP contribution in [-0.4, -0.2) is 31.1 Å². The molecule has 198 valence electrons. The van der Waals surface area contributed by atoms with Crippen LogP contribution in [0.3, 0.4) is 0 Å². The van der Waals surface area contributed by atoms with E-state index >= 15 is 0 Å². The normalized spacial score (nSPS) is 14.7. The Balaban J connectivity index is 1.57. The van der Waals surface area contributed by atoms with E-state index in [0.717, 1.165) is 22.3 Å². The maximum Gasteiger partial charge on any atom is 0.269 e. The molecule has 1 aliphatic heterocycles. The molecule has 39 heavy (non-hydrogen) atoms. The number of thioether (sulfide) groups is 1. The van der Waals surface area contributed by atoms with E-state index in [1.807, 2.05) is 68.4 Å². The van der Waals surface area contributed by atoms with Crippen LogP contribution < -0.4 is 10.3 Å². The number of hydrogen-bond acceptors (Lipinski definition) is 6. The molecule has 0 saturated carbocycles. The molecule has 8 heteroatoms. The van der Waals surface area contributed by atoms with E-state index in [1.54, 1.807) is 23.2 Å². The van der Waals surface area contributed by atoms with E-state index in [9.17, 15) is 9.59 Å². The molecule has 1 amide bonds. The smallest absolute Gasteiger partial charge is 0.269 e. The van der Waals surface area contributed by atoms with E-state index in [4.69, 9.17) is 21.9 Å². The fourth-order valence-corrected chi connectivity index (χ4v) is 5.80. The van der Waals surface area contributed by atoms with Crippen LogP contribution in [0.25, 0.3) is 11.7 Å². The van der Waals surface area contributed by atoms with Gasteiger partial charge in [0, 0.05) is 12.7 Å². The van der Waals surface area contributed by atoms with Crippen molar-refractivity contribution in [3.63, 3.8) is 0 Å². The average molecular weight is 556 g/mol. The van der Waals surface area contributed by atoms with Crippen molar-refractivity contribution in [3.8, 4) is 11.6 Å². The summed E-state index contributed by atoms with van der Waals surface area (Å²) in [4.78, 5) is 33.9. The number of ether oxygens (including phenoxy) is 1. The van der Waals surface area contributed by atoms with Crippen molar-refractivity contribution < 1.29 is 9.53 Å². The van der Waals surface area contributed by atoms with Crippen molar-refractivity contribution in [2.45, 2.75) is 40.0 Å². The number of carbonyl (C=O) groups is 1. The van der Waals surface area contributed by atoms with Gasteiger partial charge in [-0.1, -0.05) is 86.4 Å². The lowest BCUT2D eigenvalue weighted by Gasteiger charge is -2.16. The molecule has 6 nitrogen and oxygen atoms in total. The van der Waals surface area contributed by atoms with Gasteiger partial charge >= 0.3 is 0 Å². The number of thiocarbonyl (C=S) groups is 1. The zero-order chi connectivity index (χ0) is 27.7. The number of benzene rings is 2. The second kappa shape index (κ2) is 11.2. The summed E-state index contributed by atoms with van der Waals surface area (Å²) in [5, 5.41) is 0. The summed E-state index contributed by atoms with van der Waals surface area (Å²) in [7, 11) is 0. The van der Waals surface area contributed by atoms with Gasteiger partial charge in [-0.2, -0.15) is 4.98 Å². The lowest BCUT2D eigenvalue weighted by atomic mass is 10.0. The van der Waals surface area contributed by atoms with Crippen LogP contribution in [0.1, 0.15) is 47.6 Å². The van der Waals surface area contributed by atoms with Crippen LogP contribution in [0.4, 0.5) is 0 Å². The number of aryl methyl sites for hydroxylation is 2. The maximum atomic E-state index is 13.8. The number of carbonyl (C=O) groups excluding carboxylic acids is 1. The van der Waals surface area contributed by atoms with E-state index in [2.05, 4.69) is 13.8 Å². The molecule has 2 aromatic carbocycles. The van der Waals surface area contributed by atoms with Gasteiger partial charge in [-0.3, -0.25) is 18.9 Å². The third kappa shape index (κ3) is 5.53. The molecule has 0 N–H and O–H groups in total. The molecule has 0 spiro atoms. The number of hydrogen-bond donors (Lipinski definition) is 0. The fourth-order valence-electron chi connectivity index (χ4n) is 4.51. The number of nitrogens with zero attached hydrogens (tertiary/aromatic N) is 3. The first kappa shape index (κ1) is 26.8. The summed E-state index contributed by atoms with van der Waals surface area (Å²) in [5.41, 5.74) is 4.40. The Hall–Kier alpha value is -3.75. The summed E-state index contributed by atoms with van der Waals surface area (Å²) in [6.45, 7) is 8.53. The zero-order valence-corrected chi connectivity index (χ0v) is 23.9. The first-order valence-electron chi connectivity index (χ1n) is 12.8. The molecule has 1 aliphatic rings. The van der Waals surface area contributed by atoms with Crippen molar-refractivity contribution in [2.24, 2.45) is 0 Å². The van der Waals surface area contributed by atoms with Gasteiger partial charge in [0.2, 0.25) is 5.88 Å². The molecule has 5 rings (SSSR count). The Morgan fingerprint density at radius 1 is 1.05 bits per heavy atom. The molecule has 1 saturated heterocycles. The van der Waals surface area contributed by atoms with E-state index in [-0.39, 0.29) is 28.8 Å². The summed E-state index contributed by atoms with van der Waals surface area (Å²) in [6, 6.07) is 19.7. The summed E-state index contributed by atoms with van der Waals surface area (Å²) in [5.74, 6) is 0.781.